The van der Waals surface area contributed by atoms with Gasteiger partial charge >= 0.3 is 0 Å². The van der Waals surface area contributed by atoms with Crippen LogP contribution in [0.4, 0.5) is 5.69 Å². The monoisotopic (exact) mass is 467 g/mol. The van der Waals surface area contributed by atoms with Gasteiger partial charge in [-0.3, -0.25) is 0 Å². The molecule has 0 saturated carbocycles. The fraction of sp³-hybridized carbons (Fsp3) is 0.667. The van der Waals surface area contributed by atoms with Crippen LogP contribution < -0.4 is 0 Å². The first-order chi connectivity index (χ1) is 12.6. The lowest BCUT2D eigenvalue weighted by atomic mass is 9.74. The van der Waals surface area contributed by atoms with Gasteiger partial charge in [0.25, 0.3) is 0 Å². The van der Waals surface area contributed by atoms with Crippen molar-refractivity contribution >= 4 is 30.0 Å². The van der Waals surface area contributed by atoms with Gasteiger partial charge in [0.1, 0.15) is 0 Å². The highest BCUT2D eigenvalue weighted by molar-refractivity contribution is 9.11. The summed E-state index contributed by atoms with van der Waals surface area (Å²) in [5.74, 6) is 0. The smallest absolute Gasteiger partial charge is 0.171 e. The molecule has 2 nitrogen and oxygen atoms in total. The lowest BCUT2D eigenvalue weighted by molar-refractivity contribution is 0.258. The van der Waals surface area contributed by atoms with Gasteiger partial charge in [0.2, 0.25) is 0 Å². The van der Waals surface area contributed by atoms with E-state index in [9.17, 15) is 0 Å². The van der Waals surface area contributed by atoms with Crippen LogP contribution in [-0.4, -0.2) is 6.61 Å². The summed E-state index contributed by atoms with van der Waals surface area (Å²) in [5, 5.41) is 1.17. The number of rotatable bonds is 5. The molecule has 0 radical (unpaired) electrons. The summed E-state index contributed by atoms with van der Waals surface area (Å²) in [6.07, 6.45) is 0.904. The average Bonchev–Trinajstić information content (AvgIpc) is 2.52. The molecule has 0 aliphatic rings. The third-order valence-corrected chi connectivity index (χ3v) is 6.77. The number of halogens is 1. The molecule has 0 aliphatic heterocycles. The van der Waals surface area contributed by atoms with Crippen LogP contribution in [0.3, 0.4) is 0 Å². The van der Waals surface area contributed by atoms with Crippen molar-refractivity contribution in [2.45, 2.75) is 98.8 Å². The van der Waals surface area contributed by atoms with Crippen molar-refractivity contribution in [3.05, 3.63) is 38.8 Å². The molecule has 0 atom stereocenters. The van der Waals surface area contributed by atoms with E-state index in [-0.39, 0.29) is 16.2 Å². The number of hydrogen-bond donors (Lipinski definition) is 0. The Bertz CT molecular complexity index is 708. The molecule has 0 amide bonds. The van der Waals surface area contributed by atoms with Crippen LogP contribution >= 0.6 is 24.3 Å². The van der Waals surface area contributed by atoms with Crippen molar-refractivity contribution in [1.29, 1.82) is 0 Å². The number of nitrogens with zero attached hydrogens (tertiary/aromatic N) is 1. The zero-order valence-electron chi connectivity index (χ0n) is 19.7. The molecule has 158 valence electrons. The fourth-order valence-corrected chi connectivity index (χ4v) is 4.36. The maximum Gasteiger partial charge on any atom is 0.171 e. The Morgan fingerprint density at radius 1 is 0.893 bits per heavy atom. The summed E-state index contributed by atoms with van der Waals surface area (Å²) in [6, 6.07) is 4.74. The SMILES string of the molecule is CCO/C(Br)=C(/CC)P=Nc1c(C(C)(C)C)cc(C(C)(C)C)cc1C(C)(C)C. The summed E-state index contributed by atoms with van der Waals surface area (Å²) in [7, 11) is 0.944. The number of hydrogen-bond acceptors (Lipinski definition) is 2. The summed E-state index contributed by atoms with van der Waals surface area (Å²) < 4.78 is 11.6. The Morgan fingerprint density at radius 2 is 1.36 bits per heavy atom. The second kappa shape index (κ2) is 9.43. The fourth-order valence-electron chi connectivity index (χ4n) is 2.89. The molecule has 4 heteroatoms. The van der Waals surface area contributed by atoms with Crippen LogP contribution in [0.25, 0.3) is 0 Å². The van der Waals surface area contributed by atoms with Gasteiger partial charge in [-0.1, -0.05) is 81.4 Å². The molecule has 0 aromatic heterocycles. The van der Waals surface area contributed by atoms with Crippen LogP contribution in [0, 0.1) is 0 Å². The molecule has 28 heavy (non-hydrogen) atoms. The first-order valence-electron chi connectivity index (χ1n) is 10.3. The van der Waals surface area contributed by atoms with Gasteiger partial charge in [-0.25, -0.2) is 4.74 Å². The number of allylic oxidation sites excluding steroid dienone is 1. The molecule has 1 aromatic rings. The molecular formula is C24H39BrNOP. The van der Waals surface area contributed by atoms with E-state index in [0.29, 0.717) is 6.61 Å². The van der Waals surface area contributed by atoms with E-state index in [0.717, 1.165) is 25.1 Å². The van der Waals surface area contributed by atoms with Crippen LogP contribution in [0.5, 0.6) is 0 Å². The largest absolute Gasteiger partial charge is 0.486 e. The molecule has 0 saturated heterocycles. The van der Waals surface area contributed by atoms with E-state index in [2.05, 4.69) is 97.3 Å². The quantitative estimate of drug-likeness (QED) is 0.312. The van der Waals surface area contributed by atoms with Gasteiger partial charge in [-0.2, -0.15) is 0 Å². The lowest BCUT2D eigenvalue weighted by Gasteiger charge is -2.32. The third kappa shape index (κ3) is 6.70. The van der Waals surface area contributed by atoms with Crippen molar-refractivity contribution < 1.29 is 4.74 Å². The van der Waals surface area contributed by atoms with Crippen molar-refractivity contribution in [2.75, 3.05) is 6.61 Å². The van der Waals surface area contributed by atoms with Crippen LogP contribution in [0.2, 0.25) is 0 Å². The van der Waals surface area contributed by atoms with Gasteiger partial charge in [-0.15, -0.1) is 0 Å². The average molecular weight is 468 g/mol. The van der Waals surface area contributed by atoms with E-state index >= 15 is 0 Å². The van der Waals surface area contributed by atoms with Gasteiger partial charge < -0.3 is 4.74 Å². The topological polar surface area (TPSA) is 21.6 Å². The highest BCUT2D eigenvalue weighted by atomic mass is 79.9. The summed E-state index contributed by atoms with van der Waals surface area (Å²) in [5.41, 5.74) is 5.28. The summed E-state index contributed by atoms with van der Waals surface area (Å²) in [6.45, 7) is 25.3. The molecule has 0 spiro atoms. The van der Waals surface area contributed by atoms with Crippen molar-refractivity contribution in [3.63, 3.8) is 0 Å². The number of benzene rings is 1. The molecule has 0 aliphatic carbocycles. The van der Waals surface area contributed by atoms with Gasteiger partial charge in [-0.05, 0) is 62.2 Å². The predicted octanol–water partition coefficient (Wildman–Crippen LogP) is 9.35. The second-order valence-electron chi connectivity index (χ2n) is 10.4. The molecular weight excluding hydrogens is 429 g/mol. The van der Waals surface area contributed by atoms with E-state index in [1.54, 1.807) is 0 Å². The van der Waals surface area contributed by atoms with Crippen LogP contribution in [0.1, 0.15) is 99.3 Å². The highest BCUT2D eigenvalue weighted by Crippen LogP contribution is 2.45. The zero-order chi connectivity index (χ0) is 21.9. The Morgan fingerprint density at radius 3 is 1.68 bits per heavy atom. The third-order valence-electron chi connectivity index (χ3n) is 4.70. The Kier molecular flexibility index (Phi) is 8.55. The molecule has 0 bridgehead atoms. The number of ether oxygens (including phenoxy) is 1. The minimum absolute atomic E-state index is 0.0167. The minimum Gasteiger partial charge on any atom is -0.486 e. The van der Waals surface area contributed by atoms with Crippen molar-refractivity contribution in [2.24, 2.45) is 4.74 Å². The minimum atomic E-state index is 0.0167. The molecule has 0 fully saturated rings. The van der Waals surface area contributed by atoms with Crippen LogP contribution in [0.15, 0.2) is 26.9 Å². The Labute approximate surface area is 183 Å². The molecule has 1 rings (SSSR count). The molecule has 1 aromatic carbocycles. The maximum absolute atomic E-state index is 5.67. The maximum atomic E-state index is 5.67. The van der Waals surface area contributed by atoms with Gasteiger partial charge in [0, 0.05) is 13.7 Å². The van der Waals surface area contributed by atoms with E-state index in [1.165, 1.54) is 22.0 Å². The van der Waals surface area contributed by atoms with E-state index in [4.69, 9.17) is 9.48 Å². The first kappa shape index (κ1) is 25.4. The highest BCUT2D eigenvalue weighted by Gasteiger charge is 2.29. The molecule has 0 unspecified atom stereocenters. The first-order valence-corrected chi connectivity index (χ1v) is 11.9. The van der Waals surface area contributed by atoms with Crippen molar-refractivity contribution in [1.82, 2.24) is 0 Å². The van der Waals surface area contributed by atoms with E-state index < -0.39 is 0 Å². The van der Waals surface area contributed by atoms with Gasteiger partial charge in [0.05, 0.1) is 12.3 Å². The normalized spacial score (nSPS) is 14.4. The molecule has 0 N–H and O–H groups in total. The summed E-state index contributed by atoms with van der Waals surface area (Å²) in [4.78, 5) is 0. The second-order valence-corrected chi connectivity index (χ2v) is 12.0. The lowest BCUT2D eigenvalue weighted by Crippen LogP contribution is -2.21. The standard InChI is InChI=1S/C24H39BrNOP/c1-12-19(21(25)27-13-2)28-26-20-17(23(6,7)8)14-16(22(3,4)5)15-18(20)24(9,10)11/h14-15H,12-13H2,1-11H3/b21-19-. The van der Waals surface area contributed by atoms with Crippen LogP contribution in [-0.2, 0) is 21.0 Å². The summed E-state index contributed by atoms with van der Waals surface area (Å²) >= 11 is 3.58. The van der Waals surface area contributed by atoms with Crippen molar-refractivity contribution in [3.8, 4) is 0 Å². The predicted molar refractivity (Wildman–Crippen MR) is 129 cm³/mol. The van der Waals surface area contributed by atoms with E-state index in [1.807, 2.05) is 6.92 Å². The molecule has 0 heterocycles. The van der Waals surface area contributed by atoms with Gasteiger partial charge in [0.15, 0.2) is 4.67 Å². The Hall–Kier alpha value is -0.660. The Balaban J connectivity index is 3.81. The zero-order valence-corrected chi connectivity index (χ0v) is 22.2.